The molecule has 1 aromatic heterocycles. The van der Waals surface area contributed by atoms with Crippen molar-refractivity contribution in [1.29, 1.82) is 0 Å². The van der Waals surface area contributed by atoms with E-state index < -0.39 is 0 Å². The lowest BCUT2D eigenvalue weighted by Gasteiger charge is -2.09. The zero-order valence-corrected chi connectivity index (χ0v) is 16.0. The Balaban J connectivity index is 1.72. The molecule has 7 heteroatoms. The lowest BCUT2D eigenvalue weighted by Crippen LogP contribution is -2.07. The molecule has 3 aromatic rings. The molecule has 6 nitrogen and oxygen atoms in total. The van der Waals surface area contributed by atoms with Crippen LogP contribution in [0.1, 0.15) is 24.2 Å². The van der Waals surface area contributed by atoms with Crippen LogP contribution in [-0.4, -0.2) is 34.0 Å². The number of nitrogens with zero attached hydrogens (tertiary/aromatic N) is 2. The molecule has 2 N–H and O–H groups in total. The molecular formula is C20H20N4O2S. The number of nitrogens with one attached hydrogen (secondary N) is 2. The van der Waals surface area contributed by atoms with Gasteiger partial charge in [-0.15, -0.1) is 0 Å². The number of benzene rings is 2. The van der Waals surface area contributed by atoms with Gasteiger partial charge in [0.15, 0.2) is 10.9 Å². The van der Waals surface area contributed by atoms with Crippen LogP contribution in [0.4, 0.5) is 11.5 Å². The van der Waals surface area contributed by atoms with E-state index in [-0.39, 0.29) is 17.4 Å². The first-order valence-electron chi connectivity index (χ1n) is 8.61. The van der Waals surface area contributed by atoms with Crippen LogP contribution in [0.25, 0.3) is 10.9 Å². The van der Waals surface area contributed by atoms with Crippen LogP contribution < -0.4 is 10.6 Å². The minimum atomic E-state index is -0.144. The second-order valence-corrected chi connectivity index (χ2v) is 6.82. The third-order valence-corrected chi connectivity index (χ3v) is 4.63. The maximum atomic E-state index is 12.4. The van der Waals surface area contributed by atoms with E-state index in [0.29, 0.717) is 16.4 Å². The van der Waals surface area contributed by atoms with Crippen molar-refractivity contribution < 1.29 is 9.59 Å². The van der Waals surface area contributed by atoms with Gasteiger partial charge < -0.3 is 10.6 Å². The van der Waals surface area contributed by atoms with Crippen LogP contribution in [0, 0.1) is 0 Å². The third kappa shape index (κ3) is 4.83. The fraction of sp³-hybridized carbons (Fsp3) is 0.200. The summed E-state index contributed by atoms with van der Waals surface area (Å²) in [6.45, 7) is 4.21. The lowest BCUT2D eigenvalue weighted by atomic mass is 10.1. The monoisotopic (exact) mass is 380 g/mol. The zero-order valence-electron chi connectivity index (χ0n) is 15.2. The molecule has 27 heavy (non-hydrogen) atoms. The predicted octanol–water partition coefficient (Wildman–Crippen LogP) is 4.00. The molecule has 138 valence electrons. The van der Waals surface area contributed by atoms with Gasteiger partial charge >= 0.3 is 0 Å². The minimum absolute atomic E-state index is 0.0175. The second-order valence-electron chi connectivity index (χ2n) is 5.87. The molecular weight excluding hydrogens is 360 g/mol. The fourth-order valence-corrected chi connectivity index (χ4v) is 3.32. The molecule has 0 fully saturated rings. The zero-order chi connectivity index (χ0) is 19.2. The van der Waals surface area contributed by atoms with Gasteiger partial charge in [-0.25, -0.2) is 9.97 Å². The van der Waals surface area contributed by atoms with Gasteiger partial charge in [-0.3, -0.25) is 9.59 Å². The van der Waals surface area contributed by atoms with Crippen LogP contribution in [0.5, 0.6) is 0 Å². The number of hydrogen-bond donors (Lipinski definition) is 2. The molecule has 1 heterocycles. The third-order valence-electron chi connectivity index (χ3n) is 3.79. The van der Waals surface area contributed by atoms with Gasteiger partial charge in [0.25, 0.3) is 0 Å². The molecule has 0 aliphatic heterocycles. The fourth-order valence-electron chi connectivity index (χ4n) is 2.58. The van der Waals surface area contributed by atoms with Crippen LogP contribution in [-0.2, 0) is 4.79 Å². The van der Waals surface area contributed by atoms with E-state index in [4.69, 9.17) is 0 Å². The maximum Gasteiger partial charge on any atom is 0.221 e. The number of aromatic nitrogens is 2. The summed E-state index contributed by atoms with van der Waals surface area (Å²) in [5.74, 6) is 0.854. The lowest BCUT2D eigenvalue weighted by molar-refractivity contribution is -0.114. The number of rotatable bonds is 7. The van der Waals surface area contributed by atoms with Crippen LogP contribution in [0.3, 0.4) is 0 Å². The Bertz CT molecular complexity index is 973. The highest BCUT2D eigenvalue weighted by Gasteiger charge is 2.11. The van der Waals surface area contributed by atoms with Gasteiger partial charge in [0.05, 0.1) is 11.3 Å². The van der Waals surface area contributed by atoms with E-state index in [1.54, 1.807) is 24.3 Å². The average Bonchev–Trinajstić information content (AvgIpc) is 2.66. The number of Topliss-reactive ketones (excluding diaryl/α,β-unsaturated/α-hetero) is 1. The number of thioether (sulfide) groups is 1. The van der Waals surface area contributed by atoms with Gasteiger partial charge in [-0.2, -0.15) is 0 Å². The Morgan fingerprint density at radius 3 is 2.48 bits per heavy atom. The largest absolute Gasteiger partial charge is 0.370 e. The molecule has 1 amide bonds. The Labute approximate surface area is 161 Å². The van der Waals surface area contributed by atoms with E-state index in [9.17, 15) is 9.59 Å². The number of fused-ring (bicyclic) bond motifs is 1. The van der Waals surface area contributed by atoms with Crippen molar-refractivity contribution in [3.05, 3.63) is 54.1 Å². The van der Waals surface area contributed by atoms with Gasteiger partial charge in [0, 0.05) is 30.1 Å². The molecule has 0 atom stereocenters. The van der Waals surface area contributed by atoms with Crippen molar-refractivity contribution in [1.82, 2.24) is 9.97 Å². The highest BCUT2D eigenvalue weighted by atomic mass is 32.2. The Kier molecular flexibility index (Phi) is 6.03. The topological polar surface area (TPSA) is 84.0 Å². The van der Waals surface area contributed by atoms with E-state index in [1.165, 1.54) is 18.7 Å². The molecule has 3 rings (SSSR count). The first-order chi connectivity index (χ1) is 13.1. The van der Waals surface area contributed by atoms with E-state index in [0.717, 1.165) is 23.3 Å². The quantitative estimate of drug-likeness (QED) is 0.366. The number of para-hydroxylation sites is 1. The number of amides is 1. The Morgan fingerprint density at radius 1 is 1.04 bits per heavy atom. The first-order valence-corrected chi connectivity index (χ1v) is 9.59. The van der Waals surface area contributed by atoms with Gasteiger partial charge in [0.1, 0.15) is 5.82 Å². The molecule has 0 radical (unpaired) electrons. The predicted molar refractivity (Wildman–Crippen MR) is 110 cm³/mol. The van der Waals surface area contributed by atoms with E-state index in [2.05, 4.69) is 20.6 Å². The van der Waals surface area contributed by atoms with Crippen LogP contribution in [0.2, 0.25) is 0 Å². The van der Waals surface area contributed by atoms with Crippen molar-refractivity contribution in [3.8, 4) is 0 Å². The number of carbonyl (C=O) groups is 2. The van der Waals surface area contributed by atoms with Gasteiger partial charge in [-0.1, -0.05) is 23.9 Å². The summed E-state index contributed by atoms with van der Waals surface area (Å²) >= 11 is 1.31. The summed E-state index contributed by atoms with van der Waals surface area (Å²) in [6.07, 6.45) is 0. The standard InChI is InChI=1S/C20H20N4O2S/c1-3-21-19-16-6-4-5-7-17(16)23-20(24-19)27-12-18(26)14-8-10-15(11-9-14)22-13(2)25/h4-11H,3,12H2,1-2H3,(H,22,25)(H,21,23,24). The molecule has 0 saturated heterocycles. The summed E-state index contributed by atoms with van der Waals surface area (Å²) in [5.41, 5.74) is 2.10. The molecule has 0 aliphatic rings. The highest BCUT2D eigenvalue weighted by Crippen LogP contribution is 2.25. The number of ketones is 1. The molecule has 0 spiro atoms. The van der Waals surface area contributed by atoms with Crippen molar-refractivity contribution in [2.45, 2.75) is 19.0 Å². The summed E-state index contributed by atoms with van der Waals surface area (Å²) in [6, 6.07) is 14.6. The molecule has 0 aliphatic carbocycles. The van der Waals surface area contributed by atoms with Crippen molar-refractivity contribution in [3.63, 3.8) is 0 Å². The highest BCUT2D eigenvalue weighted by molar-refractivity contribution is 7.99. The van der Waals surface area contributed by atoms with Gasteiger partial charge in [0.2, 0.25) is 5.91 Å². The molecule has 0 saturated carbocycles. The van der Waals surface area contributed by atoms with Crippen LogP contribution >= 0.6 is 11.8 Å². The van der Waals surface area contributed by atoms with Crippen molar-refractivity contribution >= 4 is 45.9 Å². The van der Waals surface area contributed by atoms with Crippen molar-refractivity contribution in [2.24, 2.45) is 0 Å². The molecule has 0 unspecified atom stereocenters. The number of anilines is 2. The second kappa shape index (κ2) is 8.64. The average molecular weight is 380 g/mol. The SMILES string of the molecule is CCNc1nc(SCC(=O)c2ccc(NC(C)=O)cc2)nc2ccccc12. The summed E-state index contributed by atoms with van der Waals surface area (Å²) in [4.78, 5) is 32.6. The Morgan fingerprint density at radius 2 is 1.78 bits per heavy atom. The number of hydrogen-bond acceptors (Lipinski definition) is 6. The molecule has 2 aromatic carbocycles. The summed E-state index contributed by atoms with van der Waals surface area (Å²) in [7, 11) is 0. The maximum absolute atomic E-state index is 12.4. The Hall–Kier alpha value is -2.93. The molecule has 0 bridgehead atoms. The van der Waals surface area contributed by atoms with Gasteiger partial charge in [-0.05, 0) is 43.3 Å². The first kappa shape index (κ1) is 18.8. The van der Waals surface area contributed by atoms with E-state index >= 15 is 0 Å². The normalized spacial score (nSPS) is 10.6. The number of carbonyl (C=O) groups excluding carboxylic acids is 2. The smallest absolute Gasteiger partial charge is 0.221 e. The van der Waals surface area contributed by atoms with Crippen LogP contribution in [0.15, 0.2) is 53.7 Å². The van der Waals surface area contributed by atoms with Crippen molar-refractivity contribution in [2.75, 3.05) is 22.9 Å². The minimum Gasteiger partial charge on any atom is -0.370 e. The summed E-state index contributed by atoms with van der Waals surface area (Å²) in [5, 5.41) is 7.45. The summed E-state index contributed by atoms with van der Waals surface area (Å²) < 4.78 is 0. The van der Waals surface area contributed by atoms with E-state index in [1.807, 2.05) is 31.2 Å².